The first-order valence-corrected chi connectivity index (χ1v) is 15.7. The summed E-state index contributed by atoms with van der Waals surface area (Å²) >= 11 is 0. The van der Waals surface area contributed by atoms with Crippen LogP contribution in [0.3, 0.4) is 0 Å². The van der Waals surface area contributed by atoms with Crippen molar-refractivity contribution < 1.29 is 77.7 Å². The van der Waals surface area contributed by atoms with Gasteiger partial charge in [-0.2, -0.15) is 0 Å². The van der Waals surface area contributed by atoms with Crippen molar-refractivity contribution in [2.24, 2.45) is 10.8 Å². The highest BCUT2D eigenvalue weighted by atomic mass is 16.6. The molecule has 0 radical (unpaired) electrons. The summed E-state index contributed by atoms with van der Waals surface area (Å²) in [6.07, 6.45) is -1.26. The number of aliphatic hydroxyl groups is 4. The maximum absolute atomic E-state index is 11.4. The molecule has 0 aromatic heterocycles. The summed E-state index contributed by atoms with van der Waals surface area (Å²) in [6, 6.07) is 0. The molecule has 16 heteroatoms. The Balaban J connectivity index is -0.000000284. The van der Waals surface area contributed by atoms with E-state index in [2.05, 4.69) is 18.9 Å². The quantitative estimate of drug-likeness (QED) is 0.0870. The third kappa shape index (κ3) is 29.7. The van der Waals surface area contributed by atoms with Gasteiger partial charge in [-0.05, 0) is 41.5 Å². The molecule has 0 unspecified atom stereocenters. The summed E-state index contributed by atoms with van der Waals surface area (Å²) in [7, 11) is 0. The average Bonchev–Trinajstić information content (AvgIpc) is 2.96. The van der Waals surface area contributed by atoms with Crippen LogP contribution in [0.15, 0.2) is 23.7 Å². The minimum absolute atomic E-state index is 0.155. The van der Waals surface area contributed by atoms with Gasteiger partial charge in [0.1, 0.15) is 11.6 Å². The number of ether oxygens (including phenoxy) is 4. The molecule has 0 fully saturated rings. The summed E-state index contributed by atoms with van der Waals surface area (Å²) in [6.45, 7) is 20.1. The van der Waals surface area contributed by atoms with Crippen molar-refractivity contribution in [2.75, 3.05) is 26.4 Å². The van der Waals surface area contributed by atoms with Crippen molar-refractivity contribution in [1.29, 1.82) is 0 Å². The lowest BCUT2D eigenvalue weighted by Crippen LogP contribution is -2.31. The van der Waals surface area contributed by atoms with Gasteiger partial charge in [0.05, 0.1) is 26.4 Å². The molecule has 0 rings (SSSR count). The normalized spacial score (nSPS) is 12.4. The van der Waals surface area contributed by atoms with E-state index < -0.39 is 64.2 Å². The summed E-state index contributed by atoms with van der Waals surface area (Å²) in [5.41, 5.74) is -1.14. The van der Waals surface area contributed by atoms with E-state index in [1.54, 1.807) is 69.2 Å². The second kappa shape index (κ2) is 27.4. The number of carbonyl (C=O) groups excluding carboxylic acids is 8. The number of rotatable bonds is 14. The van der Waals surface area contributed by atoms with Gasteiger partial charge in [-0.15, -0.1) is 0 Å². The maximum atomic E-state index is 11.4. The zero-order valence-corrected chi connectivity index (χ0v) is 31.2. The van der Waals surface area contributed by atoms with Crippen LogP contribution in [0, 0.1) is 10.8 Å². The van der Waals surface area contributed by atoms with Crippen LogP contribution in [0.2, 0.25) is 0 Å². The van der Waals surface area contributed by atoms with E-state index in [1.165, 1.54) is 13.8 Å². The lowest BCUT2D eigenvalue weighted by atomic mass is 9.87. The molecule has 2 atom stereocenters. The van der Waals surface area contributed by atoms with Crippen LogP contribution in [0.1, 0.15) is 95.9 Å². The summed E-state index contributed by atoms with van der Waals surface area (Å²) < 4.78 is 17.9. The summed E-state index contributed by atoms with van der Waals surface area (Å²) in [5.74, 6) is -5.60. The highest BCUT2D eigenvalue weighted by Gasteiger charge is 2.27. The zero-order valence-electron chi connectivity index (χ0n) is 31.2. The van der Waals surface area contributed by atoms with Crippen molar-refractivity contribution in [3.63, 3.8) is 0 Å². The smallest absolute Gasteiger partial charge is 0.373 e. The van der Waals surface area contributed by atoms with E-state index in [-0.39, 0.29) is 56.6 Å². The minimum atomic E-state index is -1.33. The third-order valence-electron chi connectivity index (χ3n) is 5.13. The maximum Gasteiger partial charge on any atom is 0.373 e. The van der Waals surface area contributed by atoms with Gasteiger partial charge in [0.25, 0.3) is 0 Å². The van der Waals surface area contributed by atoms with Gasteiger partial charge < -0.3 is 39.4 Å². The Morgan fingerprint density at radius 3 is 1.18 bits per heavy atom. The predicted molar refractivity (Wildman–Crippen MR) is 179 cm³/mol. The van der Waals surface area contributed by atoms with E-state index in [1.807, 2.05) is 0 Å². The Hall–Kier alpha value is -4.44. The fraction of sp³-hybridized carbons (Fsp3) is 0.647. The monoisotopic (exact) mass is 720 g/mol. The van der Waals surface area contributed by atoms with E-state index in [9.17, 15) is 43.5 Å². The molecule has 0 bridgehead atoms. The molecular weight excluding hydrogens is 664 g/mol. The van der Waals surface area contributed by atoms with Crippen molar-refractivity contribution in [3.8, 4) is 0 Å². The van der Waals surface area contributed by atoms with Gasteiger partial charge in [-0.3, -0.25) is 19.2 Å². The van der Waals surface area contributed by atoms with E-state index in [0.717, 1.165) is 12.2 Å². The van der Waals surface area contributed by atoms with E-state index in [4.69, 9.17) is 15.3 Å². The van der Waals surface area contributed by atoms with Crippen molar-refractivity contribution in [3.05, 3.63) is 23.7 Å². The predicted octanol–water partition coefficient (Wildman–Crippen LogP) is 2.99. The van der Waals surface area contributed by atoms with Crippen molar-refractivity contribution in [1.82, 2.24) is 0 Å². The molecule has 0 amide bonds. The number of allylic oxidation sites excluding steroid dienone is 2. The van der Waals surface area contributed by atoms with Gasteiger partial charge >= 0.3 is 23.9 Å². The SMILES string of the molecule is CCOC(=O)/C(O)=C/C(=O)C(C)(C)C.CCOC(=O)/C(O)=C/C(C)=O.CCOC(=O)[C@H](O)CC(=O)C(C)(C)C.CCOC(=O)[C@H](O)CC(C)=O. The summed E-state index contributed by atoms with van der Waals surface area (Å²) in [5, 5.41) is 36.1. The Kier molecular flexibility index (Phi) is 28.7. The van der Waals surface area contributed by atoms with Crippen molar-refractivity contribution in [2.45, 2.75) is 108 Å². The van der Waals surface area contributed by atoms with Crippen LogP contribution in [0.25, 0.3) is 0 Å². The minimum Gasteiger partial charge on any atom is -0.502 e. The number of hydrogen-bond donors (Lipinski definition) is 4. The average molecular weight is 721 g/mol. The highest BCUT2D eigenvalue weighted by molar-refractivity contribution is 6.00. The molecule has 0 saturated heterocycles. The molecule has 0 heterocycles. The second-order valence-electron chi connectivity index (χ2n) is 12.0. The molecule has 288 valence electrons. The first kappa shape index (κ1) is 52.4. The third-order valence-corrected chi connectivity index (χ3v) is 5.13. The molecule has 0 saturated carbocycles. The fourth-order valence-electron chi connectivity index (χ4n) is 2.46. The van der Waals surface area contributed by atoms with Crippen LogP contribution in [-0.2, 0) is 57.3 Å². The molecule has 0 spiro atoms. The molecule has 0 aliphatic heterocycles. The first-order valence-electron chi connectivity index (χ1n) is 15.7. The number of hydrogen-bond acceptors (Lipinski definition) is 16. The van der Waals surface area contributed by atoms with Crippen LogP contribution in [0.5, 0.6) is 0 Å². The lowest BCUT2D eigenvalue weighted by Gasteiger charge is -2.18. The van der Waals surface area contributed by atoms with Gasteiger partial charge in [-0.25, -0.2) is 19.2 Å². The zero-order chi connectivity index (χ0) is 40.4. The molecule has 16 nitrogen and oxygen atoms in total. The first-order chi connectivity index (χ1) is 22.7. The largest absolute Gasteiger partial charge is 0.502 e. The number of Topliss-reactive ketones (excluding diaryl/α,β-unsaturated/α-hetero) is 2. The molecule has 0 aromatic carbocycles. The Morgan fingerprint density at radius 1 is 0.560 bits per heavy atom. The van der Waals surface area contributed by atoms with Gasteiger partial charge in [0.15, 0.2) is 23.8 Å². The fourth-order valence-corrected chi connectivity index (χ4v) is 2.46. The summed E-state index contributed by atoms with van der Waals surface area (Å²) in [4.78, 5) is 86.6. The Morgan fingerprint density at radius 2 is 0.900 bits per heavy atom. The van der Waals surface area contributed by atoms with E-state index >= 15 is 0 Å². The highest BCUT2D eigenvalue weighted by Crippen LogP contribution is 2.18. The molecule has 0 aromatic rings. The van der Waals surface area contributed by atoms with Crippen LogP contribution in [0.4, 0.5) is 0 Å². The molecule has 4 N–H and O–H groups in total. The molecular formula is C34H56O16. The van der Waals surface area contributed by atoms with Gasteiger partial charge in [-0.1, -0.05) is 41.5 Å². The topological polar surface area (TPSA) is 254 Å². The van der Waals surface area contributed by atoms with Crippen molar-refractivity contribution >= 4 is 47.0 Å². The molecule has 0 aliphatic rings. The van der Waals surface area contributed by atoms with Crippen LogP contribution >= 0.6 is 0 Å². The Labute approximate surface area is 293 Å². The number of carbonyl (C=O) groups is 8. The van der Waals surface area contributed by atoms with Crippen LogP contribution in [-0.4, -0.2) is 106 Å². The van der Waals surface area contributed by atoms with Crippen LogP contribution < -0.4 is 0 Å². The molecule has 0 aliphatic carbocycles. The van der Waals surface area contributed by atoms with Gasteiger partial charge in [0, 0.05) is 35.8 Å². The standard InChI is InChI=1S/C10H18O4.C10H16O4.C7H12O4.C7H10O4/c2*1-5-14-9(13)7(11)6-8(12)10(2,3)4;2*1-3-11-7(10)6(9)4-5(2)8/h7,11H,5-6H2,1-4H3;6,11H,5H2,1-4H3;6,9H,3-4H2,1-2H3;4,9H,3H2,1-2H3/b;7-6-;;6-4-/t7-;;6-;/m1.1./s1. The Bertz CT molecular complexity index is 1180. The molecule has 50 heavy (non-hydrogen) atoms. The number of aliphatic hydroxyl groups excluding tert-OH is 4. The lowest BCUT2D eigenvalue weighted by molar-refractivity contribution is -0.155. The number of esters is 4. The second-order valence-corrected chi connectivity index (χ2v) is 12.0. The van der Waals surface area contributed by atoms with Gasteiger partial charge in [0.2, 0.25) is 11.5 Å². The van der Waals surface area contributed by atoms with E-state index in [0.29, 0.717) is 0 Å². The number of ketones is 4.